The van der Waals surface area contributed by atoms with Crippen LogP contribution in [0.15, 0.2) is 76.8 Å². The Balaban J connectivity index is 1.46. The Hall–Kier alpha value is -3.32. The fraction of sp³-hybridized carbons (Fsp3) is 0.174. The molecule has 2 heterocycles. The third-order valence-electron chi connectivity index (χ3n) is 4.80. The number of benzene rings is 2. The first-order valence-corrected chi connectivity index (χ1v) is 10.4. The number of hydrogen-bond acceptors (Lipinski definition) is 5. The molecular formula is C23H21N3O3S. The number of para-hydroxylation sites is 1. The summed E-state index contributed by atoms with van der Waals surface area (Å²) >= 11 is 1.47. The highest BCUT2D eigenvalue weighted by molar-refractivity contribution is 7.99. The molecule has 7 heteroatoms. The Kier molecular flexibility index (Phi) is 5.99. The topological polar surface area (TPSA) is 71.5 Å². The van der Waals surface area contributed by atoms with Crippen molar-refractivity contribution >= 4 is 29.3 Å². The molecule has 0 unspecified atom stereocenters. The Bertz CT molecular complexity index is 1090. The van der Waals surface area contributed by atoms with Crippen LogP contribution in [0.3, 0.4) is 0 Å². The summed E-state index contributed by atoms with van der Waals surface area (Å²) in [5.41, 5.74) is 2.30. The summed E-state index contributed by atoms with van der Waals surface area (Å²) in [6.07, 6.45) is 1.88. The lowest BCUT2D eigenvalue weighted by atomic mass is 10.2. The number of ether oxygens (including phenoxy) is 1. The second-order valence-corrected chi connectivity index (χ2v) is 7.79. The maximum absolute atomic E-state index is 13.2. The molecule has 1 aromatic heterocycles. The third kappa shape index (κ3) is 4.31. The number of carbonyl (C=O) groups is 2. The van der Waals surface area contributed by atoms with Gasteiger partial charge in [0.1, 0.15) is 10.8 Å². The quantitative estimate of drug-likeness (QED) is 0.656. The number of anilines is 1. The highest BCUT2D eigenvalue weighted by Gasteiger charge is 2.28. The van der Waals surface area contributed by atoms with Crippen LogP contribution in [0.2, 0.25) is 0 Å². The molecule has 1 aliphatic rings. The highest BCUT2D eigenvalue weighted by atomic mass is 32.2. The predicted octanol–water partition coefficient (Wildman–Crippen LogP) is 3.91. The fourth-order valence-corrected chi connectivity index (χ4v) is 4.28. The molecule has 1 N–H and O–H groups in total. The number of nitrogens with one attached hydrogen (secondary N) is 1. The van der Waals surface area contributed by atoms with E-state index in [9.17, 15) is 9.59 Å². The van der Waals surface area contributed by atoms with Crippen molar-refractivity contribution in [2.45, 2.75) is 22.9 Å². The monoisotopic (exact) mass is 419 g/mol. The number of pyridine rings is 1. The van der Waals surface area contributed by atoms with Gasteiger partial charge in [0.05, 0.1) is 18.4 Å². The van der Waals surface area contributed by atoms with Crippen molar-refractivity contribution in [1.82, 2.24) is 10.3 Å². The Labute approximate surface area is 179 Å². The molecule has 6 nitrogen and oxygen atoms in total. The minimum atomic E-state index is -0.142. The van der Waals surface area contributed by atoms with Crippen molar-refractivity contribution < 1.29 is 14.3 Å². The summed E-state index contributed by atoms with van der Waals surface area (Å²) in [5, 5.41) is 3.59. The summed E-state index contributed by atoms with van der Waals surface area (Å²) in [4.78, 5) is 32.6. The second kappa shape index (κ2) is 9.00. The second-order valence-electron chi connectivity index (χ2n) is 6.76. The van der Waals surface area contributed by atoms with Crippen molar-refractivity contribution in [3.8, 4) is 5.75 Å². The molecule has 0 spiro atoms. The van der Waals surface area contributed by atoms with E-state index in [4.69, 9.17) is 4.74 Å². The van der Waals surface area contributed by atoms with Crippen LogP contribution in [0.25, 0.3) is 0 Å². The van der Waals surface area contributed by atoms with Crippen LogP contribution in [0.4, 0.5) is 5.69 Å². The van der Waals surface area contributed by atoms with E-state index in [2.05, 4.69) is 10.3 Å². The van der Waals surface area contributed by atoms with Gasteiger partial charge in [-0.25, -0.2) is 4.98 Å². The molecule has 152 valence electrons. The van der Waals surface area contributed by atoms with E-state index >= 15 is 0 Å². The molecule has 0 fully saturated rings. The number of rotatable bonds is 6. The van der Waals surface area contributed by atoms with E-state index in [0.29, 0.717) is 17.1 Å². The van der Waals surface area contributed by atoms with Crippen LogP contribution in [0, 0.1) is 0 Å². The van der Waals surface area contributed by atoms with E-state index in [1.807, 2.05) is 48.5 Å². The fourth-order valence-electron chi connectivity index (χ4n) is 3.27. The van der Waals surface area contributed by atoms with E-state index in [0.717, 1.165) is 21.9 Å². The van der Waals surface area contributed by atoms with Gasteiger partial charge in [-0.3, -0.25) is 9.59 Å². The molecule has 4 rings (SSSR count). The number of aromatic nitrogens is 1. The lowest BCUT2D eigenvalue weighted by molar-refractivity contribution is -0.121. The minimum absolute atomic E-state index is 0.119. The van der Waals surface area contributed by atoms with Gasteiger partial charge in [-0.15, -0.1) is 0 Å². The maximum Gasteiger partial charge on any atom is 0.261 e. The van der Waals surface area contributed by atoms with Gasteiger partial charge >= 0.3 is 0 Å². The largest absolute Gasteiger partial charge is 0.497 e. The van der Waals surface area contributed by atoms with Gasteiger partial charge in [0.2, 0.25) is 5.91 Å². The summed E-state index contributed by atoms with van der Waals surface area (Å²) < 4.78 is 5.21. The van der Waals surface area contributed by atoms with E-state index in [-0.39, 0.29) is 24.8 Å². The smallest absolute Gasteiger partial charge is 0.261 e. The molecular weight excluding hydrogens is 398 g/mol. The van der Waals surface area contributed by atoms with Crippen molar-refractivity contribution in [3.05, 3.63) is 78.0 Å². The van der Waals surface area contributed by atoms with Gasteiger partial charge in [0.15, 0.2) is 0 Å². The zero-order valence-electron chi connectivity index (χ0n) is 16.5. The predicted molar refractivity (Wildman–Crippen MR) is 116 cm³/mol. The van der Waals surface area contributed by atoms with Gasteiger partial charge in [-0.1, -0.05) is 36.0 Å². The van der Waals surface area contributed by atoms with Crippen LogP contribution in [-0.2, 0) is 11.3 Å². The highest BCUT2D eigenvalue weighted by Crippen LogP contribution is 2.40. The zero-order valence-corrected chi connectivity index (χ0v) is 17.3. The van der Waals surface area contributed by atoms with Gasteiger partial charge in [0.25, 0.3) is 5.91 Å². The number of amides is 2. The van der Waals surface area contributed by atoms with Crippen LogP contribution >= 0.6 is 11.8 Å². The lowest BCUT2D eigenvalue weighted by Crippen LogP contribution is -2.35. The zero-order chi connectivity index (χ0) is 20.9. The molecule has 0 radical (unpaired) electrons. The summed E-state index contributed by atoms with van der Waals surface area (Å²) in [6, 6.07) is 18.8. The first-order chi connectivity index (χ1) is 14.7. The molecule has 3 aromatic rings. The van der Waals surface area contributed by atoms with Gasteiger partial charge < -0.3 is 15.0 Å². The number of hydrogen-bond donors (Lipinski definition) is 1. The van der Waals surface area contributed by atoms with E-state index in [1.54, 1.807) is 30.3 Å². The maximum atomic E-state index is 13.2. The Morgan fingerprint density at radius 3 is 2.87 bits per heavy atom. The molecule has 0 saturated heterocycles. The molecule has 0 saturated carbocycles. The van der Waals surface area contributed by atoms with Crippen LogP contribution in [0.1, 0.15) is 22.3 Å². The van der Waals surface area contributed by atoms with Crippen LogP contribution in [0.5, 0.6) is 5.75 Å². The molecule has 0 bridgehead atoms. The SMILES string of the molecule is COc1cccc(CNC(=O)CCN2C(=O)c3cccnc3Sc3ccccc32)c1. The molecule has 2 aromatic carbocycles. The Morgan fingerprint density at radius 2 is 2.00 bits per heavy atom. The van der Waals surface area contributed by atoms with Crippen molar-refractivity contribution in [2.24, 2.45) is 0 Å². The van der Waals surface area contributed by atoms with Crippen LogP contribution in [-0.4, -0.2) is 30.5 Å². The van der Waals surface area contributed by atoms with E-state index in [1.165, 1.54) is 11.8 Å². The third-order valence-corrected chi connectivity index (χ3v) is 5.88. The number of nitrogens with zero attached hydrogens (tertiary/aromatic N) is 2. The first-order valence-electron chi connectivity index (χ1n) is 9.59. The standard InChI is InChI=1S/C23H21N3O3S/c1-29-17-7-4-6-16(14-17)15-25-21(27)11-13-26-19-9-2-3-10-20(19)30-22-18(23(26)28)8-5-12-24-22/h2-10,12,14H,11,13,15H2,1H3,(H,25,27). The van der Waals surface area contributed by atoms with E-state index < -0.39 is 0 Å². The Morgan fingerprint density at radius 1 is 1.13 bits per heavy atom. The number of fused-ring (bicyclic) bond motifs is 2. The average Bonchev–Trinajstić information content (AvgIpc) is 2.90. The van der Waals surface area contributed by atoms with Gasteiger partial charge in [-0.05, 0) is 42.0 Å². The number of methoxy groups -OCH3 is 1. The molecule has 0 atom stereocenters. The van der Waals surface area contributed by atoms with Crippen LogP contribution < -0.4 is 15.0 Å². The van der Waals surface area contributed by atoms with Gasteiger partial charge in [0, 0.05) is 30.6 Å². The molecule has 0 aliphatic carbocycles. The molecule has 30 heavy (non-hydrogen) atoms. The minimum Gasteiger partial charge on any atom is -0.497 e. The van der Waals surface area contributed by atoms with Gasteiger partial charge in [-0.2, -0.15) is 0 Å². The summed E-state index contributed by atoms with van der Waals surface area (Å²) in [7, 11) is 1.61. The molecule has 2 amide bonds. The molecule has 1 aliphatic heterocycles. The van der Waals surface area contributed by atoms with Crippen molar-refractivity contribution in [1.29, 1.82) is 0 Å². The first kappa shape index (κ1) is 20.0. The van der Waals surface area contributed by atoms with Crippen molar-refractivity contribution in [2.75, 3.05) is 18.6 Å². The number of carbonyl (C=O) groups excluding carboxylic acids is 2. The van der Waals surface area contributed by atoms with Crippen molar-refractivity contribution in [3.63, 3.8) is 0 Å². The average molecular weight is 420 g/mol. The normalized spacial score (nSPS) is 12.6. The summed E-state index contributed by atoms with van der Waals surface area (Å²) in [5.74, 6) is 0.487. The lowest BCUT2D eigenvalue weighted by Gasteiger charge is -2.22. The summed E-state index contributed by atoms with van der Waals surface area (Å²) in [6.45, 7) is 0.692.